The van der Waals surface area contributed by atoms with Gasteiger partial charge in [-0.3, -0.25) is 28.3 Å². The molecular weight excluding hydrogens is 693 g/mol. The van der Waals surface area contributed by atoms with Gasteiger partial charge in [0.05, 0.1) is 29.5 Å². The fraction of sp³-hybridized carbons (Fsp3) is 0.314. The van der Waals surface area contributed by atoms with Gasteiger partial charge in [-0.15, -0.1) is 0 Å². The Hall–Kier alpha value is -5.22. The summed E-state index contributed by atoms with van der Waals surface area (Å²) >= 11 is 6.29. The van der Waals surface area contributed by atoms with Crippen molar-refractivity contribution in [3.8, 4) is 5.75 Å². The third-order valence-corrected chi connectivity index (χ3v) is 8.57. The van der Waals surface area contributed by atoms with Crippen molar-refractivity contribution in [2.24, 2.45) is 0 Å². The van der Waals surface area contributed by atoms with E-state index in [4.69, 9.17) is 35.3 Å². The van der Waals surface area contributed by atoms with Crippen molar-refractivity contribution in [1.29, 1.82) is 0 Å². The van der Waals surface area contributed by atoms with Crippen LogP contribution in [0.2, 0.25) is 5.02 Å². The SMILES string of the molecule is CC(=O)OC[C@H]1O[C@@H](n2cc(F)c(=O)n(C(=O)c3cccc(C(=O)Oc4cc(=O)n(C5CCCO5)cc4Cl)c3)c2=O)C[C@@H]1OCc1ccccc1. The van der Waals surface area contributed by atoms with E-state index < -0.39 is 65.1 Å². The molecule has 2 aromatic carbocycles. The topological polar surface area (TPSA) is 163 Å². The maximum Gasteiger partial charge on any atom is 0.343 e. The van der Waals surface area contributed by atoms with Crippen molar-refractivity contribution in [2.45, 2.75) is 57.5 Å². The first-order valence-electron chi connectivity index (χ1n) is 15.9. The Bertz CT molecular complexity index is 2140. The summed E-state index contributed by atoms with van der Waals surface area (Å²) in [5.74, 6) is -4.50. The van der Waals surface area contributed by atoms with Gasteiger partial charge in [-0.25, -0.2) is 9.59 Å². The van der Waals surface area contributed by atoms with Gasteiger partial charge in [-0.1, -0.05) is 48.0 Å². The zero-order chi connectivity index (χ0) is 36.2. The summed E-state index contributed by atoms with van der Waals surface area (Å²) in [5, 5.41) is -0.0468. The Morgan fingerprint density at radius 3 is 2.45 bits per heavy atom. The van der Waals surface area contributed by atoms with Crippen LogP contribution in [0, 0.1) is 5.82 Å². The lowest BCUT2D eigenvalue weighted by atomic mass is 10.1. The van der Waals surface area contributed by atoms with E-state index in [-0.39, 0.29) is 46.1 Å². The number of rotatable bonds is 10. The van der Waals surface area contributed by atoms with Crippen molar-refractivity contribution >= 4 is 29.4 Å². The molecule has 1 unspecified atom stereocenters. The summed E-state index contributed by atoms with van der Waals surface area (Å²) in [6.07, 6.45) is 0.00191. The lowest BCUT2D eigenvalue weighted by molar-refractivity contribution is -0.148. The number of ether oxygens (including phenoxy) is 5. The van der Waals surface area contributed by atoms with Crippen LogP contribution in [0.5, 0.6) is 5.75 Å². The first-order valence-corrected chi connectivity index (χ1v) is 16.3. The van der Waals surface area contributed by atoms with E-state index in [2.05, 4.69) is 0 Å². The largest absolute Gasteiger partial charge is 0.463 e. The number of nitrogens with zero attached hydrogens (tertiary/aromatic N) is 3. The van der Waals surface area contributed by atoms with Gasteiger partial charge in [-0.05, 0) is 36.6 Å². The highest BCUT2D eigenvalue weighted by atomic mass is 35.5. The highest BCUT2D eigenvalue weighted by molar-refractivity contribution is 6.32. The van der Waals surface area contributed by atoms with Gasteiger partial charge >= 0.3 is 17.6 Å². The Labute approximate surface area is 293 Å². The Kier molecular flexibility index (Phi) is 10.7. The van der Waals surface area contributed by atoms with Gasteiger partial charge in [0.25, 0.3) is 17.0 Å². The van der Waals surface area contributed by atoms with Crippen molar-refractivity contribution < 1.29 is 42.5 Å². The third-order valence-electron chi connectivity index (χ3n) is 8.28. The molecule has 0 amide bonds. The molecule has 2 aliphatic heterocycles. The van der Waals surface area contributed by atoms with E-state index in [1.165, 1.54) is 35.9 Å². The fourth-order valence-corrected chi connectivity index (χ4v) is 5.95. The van der Waals surface area contributed by atoms with Crippen LogP contribution >= 0.6 is 11.6 Å². The van der Waals surface area contributed by atoms with Gasteiger partial charge in [0.1, 0.15) is 25.2 Å². The average Bonchev–Trinajstić information content (AvgIpc) is 3.80. The lowest BCUT2D eigenvalue weighted by Gasteiger charge is -2.18. The summed E-state index contributed by atoms with van der Waals surface area (Å²) < 4.78 is 45.1. The number of benzene rings is 2. The first-order chi connectivity index (χ1) is 24.5. The standard InChI is InChI=1S/C35H31ClFN3O11/c1-20(41)48-19-28-27(49-18-21-7-3-2-4-8-21)15-31(50-28)39-17-25(37)33(44)40(35(39)46)32(43)22-9-5-10-23(13-22)34(45)51-26-14-29(42)38(16-24(26)36)30-11-6-12-47-30/h2-5,7-10,13-14,16-17,27-28,30-31H,6,11-12,15,18-19H2,1H3/t27-,28+,30?,31+/m0/s1. The third kappa shape index (κ3) is 7.91. The second-order valence-corrected chi connectivity index (χ2v) is 12.2. The predicted octanol–water partition coefficient (Wildman–Crippen LogP) is 3.62. The van der Waals surface area contributed by atoms with Gasteiger partial charge in [0.2, 0.25) is 5.82 Å². The highest BCUT2D eigenvalue weighted by Gasteiger charge is 2.39. The van der Waals surface area contributed by atoms with Crippen LogP contribution in [0.15, 0.2) is 87.4 Å². The van der Waals surface area contributed by atoms with E-state index in [1.807, 2.05) is 30.3 Å². The van der Waals surface area contributed by atoms with Crippen molar-refractivity contribution in [2.75, 3.05) is 13.2 Å². The number of carbonyl (C=O) groups is 3. The van der Waals surface area contributed by atoms with Gasteiger partial charge < -0.3 is 23.7 Å². The molecule has 4 atom stereocenters. The van der Waals surface area contributed by atoms with Crippen LogP contribution in [0.3, 0.4) is 0 Å². The van der Waals surface area contributed by atoms with Crippen LogP contribution < -0.4 is 21.5 Å². The first kappa shape index (κ1) is 35.6. The Morgan fingerprint density at radius 1 is 0.961 bits per heavy atom. The van der Waals surface area contributed by atoms with Crippen molar-refractivity contribution in [3.63, 3.8) is 0 Å². The molecular formula is C35H31ClFN3O11. The summed E-state index contributed by atoms with van der Waals surface area (Å²) in [6.45, 7) is 1.63. The summed E-state index contributed by atoms with van der Waals surface area (Å²) in [6, 6.07) is 15.0. The monoisotopic (exact) mass is 723 g/mol. The van der Waals surface area contributed by atoms with Crippen LogP contribution in [0.25, 0.3) is 0 Å². The van der Waals surface area contributed by atoms with Gasteiger partial charge in [0.15, 0.2) is 5.75 Å². The smallest absolute Gasteiger partial charge is 0.343 e. The number of pyridine rings is 1. The molecule has 0 saturated carbocycles. The summed E-state index contributed by atoms with van der Waals surface area (Å²) in [5.41, 5.74) is -2.96. The number of halogens is 2. The second-order valence-electron chi connectivity index (χ2n) is 11.8. The summed E-state index contributed by atoms with van der Waals surface area (Å²) in [4.78, 5) is 77.4. The number of aromatic nitrogens is 3. The minimum Gasteiger partial charge on any atom is -0.463 e. The molecule has 0 N–H and O–H groups in total. The Morgan fingerprint density at radius 2 is 1.73 bits per heavy atom. The van der Waals surface area contributed by atoms with E-state index in [0.717, 1.165) is 28.7 Å². The molecule has 0 aliphatic carbocycles. The molecule has 14 nitrogen and oxygen atoms in total. The van der Waals surface area contributed by atoms with Gasteiger partial charge in [-0.2, -0.15) is 8.96 Å². The minimum absolute atomic E-state index is 0.0212. The summed E-state index contributed by atoms with van der Waals surface area (Å²) in [7, 11) is 0. The highest BCUT2D eigenvalue weighted by Crippen LogP contribution is 2.31. The van der Waals surface area contributed by atoms with Crippen LogP contribution in [-0.4, -0.2) is 57.0 Å². The molecule has 4 heterocycles. The second kappa shape index (κ2) is 15.3. The number of hydrogen-bond donors (Lipinski definition) is 0. The molecule has 2 aromatic heterocycles. The molecule has 4 aromatic rings. The van der Waals surface area contributed by atoms with Crippen molar-refractivity contribution in [1.82, 2.24) is 13.7 Å². The molecule has 16 heteroatoms. The molecule has 6 rings (SSSR count). The van der Waals surface area contributed by atoms with E-state index in [0.29, 0.717) is 19.2 Å². The van der Waals surface area contributed by atoms with Crippen LogP contribution in [-0.2, 0) is 30.3 Å². The van der Waals surface area contributed by atoms with Crippen LogP contribution in [0.4, 0.5) is 4.39 Å². The molecule has 51 heavy (non-hydrogen) atoms. The molecule has 0 spiro atoms. The zero-order valence-corrected chi connectivity index (χ0v) is 27.8. The Balaban J connectivity index is 1.23. The normalized spacial score (nSPS) is 19.9. The fourth-order valence-electron chi connectivity index (χ4n) is 5.76. The van der Waals surface area contributed by atoms with E-state index >= 15 is 4.39 Å². The quantitative estimate of drug-likeness (QED) is 0.220. The minimum atomic E-state index is -1.53. The van der Waals surface area contributed by atoms with E-state index in [1.54, 1.807) is 0 Å². The molecule has 2 aliphatic rings. The predicted molar refractivity (Wildman–Crippen MR) is 176 cm³/mol. The molecule has 0 bridgehead atoms. The zero-order valence-electron chi connectivity index (χ0n) is 27.1. The van der Waals surface area contributed by atoms with Crippen molar-refractivity contribution in [3.05, 3.63) is 132 Å². The molecule has 266 valence electrons. The van der Waals surface area contributed by atoms with Gasteiger partial charge in [0, 0.05) is 37.8 Å². The number of esters is 2. The number of hydrogen-bond acceptors (Lipinski definition) is 11. The van der Waals surface area contributed by atoms with Crippen LogP contribution in [0.1, 0.15) is 64.9 Å². The average molecular weight is 724 g/mol. The molecule has 2 fully saturated rings. The lowest BCUT2D eigenvalue weighted by Crippen LogP contribution is -2.46. The number of carbonyl (C=O) groups excluding carboxylic acids is 3. The molecule has 2 saturated heterocycles. The van der Waals surface area contributed by atoms with E-state index in [9.17, 15) is 28.8 Å². The maximum atomic E-state index is 15.1. The maximum absolute atomic E-state index is 15.1. The molecule has 0 radical (unpaired) electrons.